The van der Waals surface area contributed by atoms with Gasteiger partial charge < -0.3 is 14.6 Å². The molecule has 1 aliphatic heterocycles. The summed E-state index contributed by atoms with van der Waals surface area (Å²) < 4.78 is 86.9. The summed E-state index contributed by atoms with van der Waals surface area (Å²) in [5.41, 5.74) is -2.64. The number of amides is 1. The summed E-state index contributed by atoms with van der Waals surface area (Å²) in [6.07, 6.45) is -10.1. The number of aromatic nitrogens is 1. The summed E-state index contributed by atoms with van der Waals surface area (Å²) in [4.78, 5) is 27.2. The maximum absolute atomic E-state index is 13.7. The van der Waals surface area contributed by atoms with Crippen molar-refractivity contribution in [1.29, 1.82) is 0 Å². The predicted molar refractivity (Wildman–Crippen MR) is 137 cm³/mol. The van der Waals surface area contributed by atoms with E-state index in [9.17, 15) is 35.9 Å². The number of halogens is 7. The van der Waals surface area contributed by atoms with Gasteiger partial charge in [-0.25, -0.2) is 0 Å². The van der Waals surface area contributed by atoms with Gasteiger partial charge in [0.25, 0.3) is 11.5 Å². The van der Waals surface area contributed by atoms with Crippen LogP contribution in [0.25, 0.3) is 22.0 Å². The van der Waals surface area contributed by atoms with Crippen molar-refractivity contribution in [2.75, 3.05) is 6.61 Å². The number of benzene rings is 3. The number of carbonyl (C=O) groups excluding carboxylic acids is 1. The van der Waals surface area contributed by atoms with Gasteiger partial charge in [-0.3, -0.25) is 9.59 Å². The summed E-state index contributed by atoms with van der Waals surface area (Å²) in [7, 11) is 0. The Morgan fingerprint density at radius 2 is 1.68 bits per heavy atom. The van der Waals surface area contributed by atoms with Crippen molar-refractivity contribution in [2.45, 2.75) is 32.4 Å². The molecule has 4 aromatic rings. The third kappa shape index (κ3) is 5.01. The number of rotatable bonds is 4. The van der Waals surface area contributed by atoms with E-state index >= 15 is 0 Å². The van der Waals surface area contributed by atoms with Gasteiger partial charge >= 0.3 is 12.4 Å². The summed E-state index contributed by atoms with van der Waals surface area (Å²) in [5, 5.41) is 3.20. The standard InChI is InChI=1S/C28H19ClF6N2O3/c1-14-5-6-16(11-20(14)29)22-19-3-2-4-21-24(19)37(7-8-40-21)26(39)23(22)25(38)36-13-15-9-17(27(30,31)32)12-18(10-15)28(33,34)35/h2-6,9-12H,7-8,13H2,1H3,(H,36,38). The lowest BCUT2D eigenvalue weighted by Gasteiger charge is -2.24. The average molecular weight is 581 g/mol. The van der Waals surface area contributed by atoms with Crippen LogP contribution in [0.1, 0.15) is 32.6 Å². The number of alkyl halides is 6. The van der Waals surface area contributed by atoms with Crippen molar-refractivity contribution in [3.63, 3.8) is 0 Å². The second-order valence-electron chi connectivity index (χ2n) is 9.27. The molecule has 5 rings (SSSR count). The molecule has 0 atom stereocenters. The zero-order valence-electron chi connectivity index (χ0n) is 20.6. The molecule has 0 fully saturated rings. The van der Waals surface area contributed by atoms with Gasteiger partial charge in [0.1, 0.15) is 17.9 Å². The molecule has 1 amide bonds. The first-order valence-electron chi connectivity index (χ1n) is 11.9. The first-order valence-corrected chi connectivity index (χ1v) is 12.3. The largest absolute Gasteiger partial charge is 0.490 e. The molecular formula is C28H19ClF6N2O3. The molecule has 12 heteroatoms. The lowest BCUT2D eigenvalue weighted by Crippen LogP contribution is -2.36. The van der Waals surface area contributed by atoms with Gasteiger partial charge in [-0.1, -0.05) is 35.9 Å². The Kier molecular flexibility index (Phi) is 6.81. The smallest absolute Gasteiger partial charge is 0.416 e. The number of hydrogen-bond donors (Lipinski definition) is 1. The topological polar surface area (TPSA) is 60.3 Å². The lowest BCUT2D eigenvalue weighted by atomic mass is 9.94. The number of nitrogens with one attached hydrogen (secondary N) is 1. The van der Waals surface area contributed by atoms with Crippen molar-refractivity contribution in [2.24, 2.45) is 0 Å². The van der Waals surface area contributed by atoms with Crippen LogP contribution in [0.3, 0.4) is 0 Å². The molecule has 2 heterocycles. The molecule has 0 saturated carbocycles. The number of nitrogens with zero attached hydrogens (tertiary/aromatic N) is 1. The first-order chi connectivity index (χ1) is 18.8. The molecule has 0 aliphatic carbocycles. The zero-order chi connectivity index (χ0) is 29.0. The third-order valence-corrected chi connectivity index (χ3v) is 7.02. The SMILES string of the molecule is Cc1ccc(-c2c(C(=O)NCc3cc(C(F)(F)F)cc(C(F)(F)F)c3)c(=O)n3c4c(cccc24)OCC3)cc1Cl. The van der Waals surface area contributed by atoms with E-state index in [0.29, 0.717) is 39.4 Å². The van der Waals surface area contributed by atoms with E-state index < -0.39 is 47.1 Å². The van der Waals surface area contributed by atoms with Crippen LogP contribution in [0.4, 0.5) is 26.3 Å². The van der Waals surface area contributed by atoms with Crippen LogP contribution in [0, 0.1) is 6.92 Å². The Labute approximate surface area is 227 Å². The highest BCUT2D eigenvalue weighted by Crippen LogP contribution is 2.38. The molecule has 0 radical (unpaired) electrons. The number of pyridine rings is 1. The van der Waals surface area contributed by atoms with E-state index in [1.807, 2.05) is 0 Å². The summed E-state index contributed by atoms with van der Waals surface area (Å²) >= 11 is 6.34. The fourth-order valence-corrected chi connectivity index (χ4v) is 4.89. The quantitative estimate of drug-likeness (QED) is 0.265. The number of para-hydroxylation sites is 1. The highest BCUT2D eigenvalue weighted by atomic mass is 35.5. The highest BCUT2D eigenvalue weighted by molar-refractivity contribution is 6.31. The Bertz CT molecular complexity index is 1690. The van der Waals surface area contributed by atoms with Crippen LogP contribution in [0.5, 0.6) is 5.75 Å². The van der Waals surface area contributed by atoms with Crippen molar-refractivity contribution in [1.82, 2.24) is 9.88 Å². The molecule has 0 bridgehead atoms. The van der Waals surface area contributed by atoms with Gasteiger partial charge in [0.2, 0.25) is 0 Å². The fourth-order valence-electron chi connectivity index (χ4n) is 4.71. The molecule has 208 valence electrons. The maximum atomic E-state index is 13.7. The lowest BCUT2D eigenvalue weighted by molar-refractivity contribution is -0.143. The van der Waals surface area contributed by atoms with Crippen molar-refractivity contribution in [3.05, 3.63) is 97.8 Å². The number of carbonyl (C=O) groups is 1. The van der Waals surface area contributed by atoms with Gasteiger partial charge in [-0.05, 0) is 53.9 Å². The minimum atomic E-state index is -5.04. The maximum Gasteiger partial charge on any atom is 0.416 e. The number of ether oxygens (including phenoxy) is 1. The van der Waals surface area contributed by atoms with E-state index in [-0.39, 0.29) is 30.3 Å². The van der Waals surface area contributed by atoms with Crippen molar-refractivity contribution < 1.29 is 35.9 Å². The Balaban J connectivity index is 1.64. The van der Waals surface area contributed by atoms with Crippen LogP contribution < -0.4 is 15.6 Å². The zero-order valence-corrected chi connectivity index (χ0v) is 21.4. The molecular weight excluding hydrogens is 562 g/mol. The van der Waals surface area contributed by atoms with Crippen LogP contribution in [0.15, 0.2) is 59.4 Å². The predicted octanol–water partition coefficient (Wildman–Crippen LogP) is 6.99. The normalized spacial score (nSPS) is 13.3. The molecule has 0 spiro atoms. The van der Waals surface area contributed by atoms with Gasteiger partial charge in [0, 0.05) is 22.5 Å². The Morgan fingerprint density at radius 1 is 1.00 bits per heavy atom. The molecule has 0 unspecified atom stereocenters. The minimum Gasteiger partial charge on any atom is -0.490 e. The Morgan fingerprint density at radius 3 is 2.30 bits per heavy atom. The molecule has 0 saturated heterocycles. The molecule has 40 heavy (non-hydrogen) atoms. The fraction of sp³-hybridized carbons (Fsp3) is 0.214. The van der Waals surface area contributed by atoms with E-state index in [0.717, 1.165) is 5.56 Å². The van der Waals surface area contributed by atoms with Gasteiger partial charge in [0.15, 0.2) is 0 Å². The van der Waals surface area contributed by atoms with Crippen LogP contribution in [-0.2, 0) is 25.4 Å². The third-order valence-electron chi connectivity index (χ3n) is 6.61. The van der Waals surface area contributed by atoms with Crippen molar-refractivity contribution >= 4 is 28.4 Å². The van der Waals surface area contributed by atoms with Gasteiger partial charge in [-0.2, -0.15) is 26.3 Å². The van der Waals surface area contributed by atoms with E-state index in [4.69, 9.17) is 16.3 Å². The molecule has 5 nitrogen and oxygen atoms in total. The monoisotopic (exact) mass is 580 g/mol. The number of hydrogen-bond acceptors (Lipinski definition) is 3. The summed E-state index contributed by atoms with van der Waals surface area (Å²) in [6.45, 7) is 1.36. The Hall–Kier alpha value is -3.99. The second-order valence-corrected chi connectivity index (χ2v) is 9.68. The van der Waals surface area contributed by atoms with Crippen LogP contribution >= 0.6 is 11.6 Å². The second kappa shape index (κ2) is 9.88. The van der Waals surface area contributed by atoms with Gasteiger partial charge in [-0.15, -0.1) is 0 Å². The molecule has 3 aromatic carbocycles. The minimum absolute atomic E-state index is 0.00465. The van der Waals surface area contributed by atoms with Crippen molar-refractivity contribution in [3.8, 4) is 16.9 Å². The first kappa shape index (κ1) is 27.6. The van der Waals surface area contributed by atoms with E-state index in [1.165, 1.54) is 4.57 Å². The summed E-state index contributed by atoms with van der Waals surface area (Å²) in [6, 6.07) is 11.0. The van der Waals surface area contributed by atoms with Gasteiger partial charge in [0.05, 0.1) is 23.2 Å². The molecule has 1 aliphatic rings. The number of aryl methyl sites for hydroxylation is 1. The highest BCUT2D eigenvalue weighted by Gasteiger charge is 2.37. The van der Waals surface area contributed by atoms with Crippen LogP contribution in [-0.4, -0.2) is 17.1 Å². The van der Waals surface area contributed by atoms with E-state index in [1.54, 1.807) is 43.3 Å². The molecule has 1 aromatic heterocycles. The van der Waals surface area contributed by atoms with E-state index in [2.05, 4.69) is 5.32 Å². The molecule has 1 N–H and O–H groups in total. The summed E-state index contributed by atoms with van der Waals surface area (Å²) in [5.74, 6) is -0.541. The average Bonchev–Trinajstić information content (AvgIpc) is 2.89. The van der Waals surface area contributed by atoms with Crippen LogP contribution in [0.2, 0.25) is 5.02 Å².